The molecule has 0 fully saturated rings. The van der Waals surface area contributed by atoms with Crippen LogP contribution in [0, 0.1) is 17.0 Å². The summed E-state index contributed by atoms with van der Waals surface area (Å²) in [5.74, 6) is -0.387. The van der Waals surface area contributed by atoms with Crippen LogP contribution in [0.1, 0.15) is 11.1 Å². The van der Waals surface area contributed by atoms with Crippen molar-refractivity contribution in [2.45, 2.75) is 13.1 Å². The van der Waals surface area contributed by atoms with E-state index in [9.17, 15) is 23.3 Å². The van der Waals surface area contributed by atoms with Crippen molar-refractivity contribution >= 4 is 28.8 Å². The van der Waals surface area contributed by atoms with Crippen LogP contribution >= 0.6 is 0 Å². The molecule has 3 rings (SSSR count). The predicted octanol–water partition coefficient (Wildman–Crippen LogP) is 5.22. The second-order valence-corrected chi connectivity index (χ2v) is 6.25. The number of nitro benzene ring substituents is 1. The van der Waals surface area contributed by atoms with Crippen molar-refractivity contribution in [3.8, 4) is 0 Å². The molecule has 10 heteroatoms. The summed E-state index contributed by atoms with van der Waals surface area (Å²) in [5.41, 5.74) is 0.796. The third kappa shape index (κ3) is 4.60. The number of nitrogens with zero attached hydrogens (tertiary/aromatic N) is 4. The van der Waals surface area contributed by atoms with E-state index in [1.807, 2.05) is 6.92 Å². The van der Waals surface area contributed by atoms with E-state index in [4.69, 9.17) is 0 Å². The van der Waals surface area contributed by atoms with Crippen molar-refractivity contribution in [1.82, 2.24) is 9.97 Å². The zero-order valence-corrected chi connectivity index (χ0v) is 15.4. The Morgan fingerprint density at radius 1 is 1.07 bits per heavy atom. The fourth-order valence-electron chi connectivity index (χ4n) is 2.52. The molecule has 0 spiro atoms. The number of alkyl halides is 3. The molecule has 0 saturated carbocycles. The van der Waals surface area contributed by atoms with E-state index in [-0.39, 0.29) is 17.5 Å². The highest BCUT2D eigenvalue weighted by Gasteiger charge is 2.35. The van der Waals surface area contributed by atoms with Gasteiger partial charge >= 0.3 is 6.18 Å². The van der Waals surface area contributed by atoms with Gasteiger partial charge in [-0.15, -0.1) is 0 Å². The van der Waals surface area contributed by atoms with E-state index in [0.717, 1.165) is 5.56 Å². The van der Waals surface area contributed by atoms with Gasteiger partial charge in [-0.05, 0) is 31.2 Å². The number of benzene rings is 2. The zero-order valence-electron chi connectivity index (χ0n) is 15.4. The van der Waals surface area contributed by atoms with Gasteiger partial charge in [-0.3, -0.25) is 10.1 Å². The fourth-order valence-corrected chi connectivity index (χ4v) is 2.52. The van der Waals surface area contributed by atoms with Gasteiger partial charge in [0.1, 0.15) is 11.4 Å². The van der Waals surface area contributed by atoms with Crippen molar-refractivity contribution in [2.24, 2.45) is 0 Å². The summed E-state index contributed by atoms with van der Waals surface area (Å²) in [7, 11) is 1.55. The van der Waals surface area contributed by atoms with Gasteiger partial charge in [0.15, 0.2) is 0 Å². The van der Waals surface area contributed by atoms with Crippen LogP contribution in [-0.4, -0.2) is 21.9 Å². The molecule has 0 saturated heterocycles. The average Bonchev–Trinajstić information content (AvgIpc) is 2.68. The summed E-state index contributed by atoms with van der Waals surface area (Å²) in [6.45, 7) is 1.87. The quantitative estimate of drug-likeness (QED) is 0.464. The zero-order chi connectivity index (χ0) is 21.2. The molecule has 0 bridgehead atoms. The van der Waals surface area contributed by atoms with E-state index >= 15 is 0 Å². The molecule has 3 aromatic rings. The lowest BCUT2D eigenvalue weighted by atomic mass is 10.2. The van der Waals surface area contributed by atoms with Crippen molar-refractivity contribution < 1.29 is 18.1 Å². The number of non-ortho nitro benzene ring substituents is 1. The summed E-state index contributed by atoms with van der Waals surface area (Å²) < 4.78 is 40.2. The van der Waals surface area contributed by atoms with Crippen molar-refractivity contribution in [1.29, 1.82) is 0 Å². The van der Waals surface area contributed by atoms with Gasteiger partial charge in [0.05, 0.1) is 4.92 Å². The number of rotatable bonds is 5. The number of nitro groups is 1. The van der Waals surface area contributed by atoms with E-state index < -0.39 is 16.7 Å². The number of halogens is 3. The Balaban J connectivity index is 1.97. The Kier molecular flexibility index (Phi) is 5.35. The molecule has 0 aliphatic carbocycles. The lowest BCUT2D eigenvalue weighted by molar-refractivity contribution is -0.384. The molecule has 150 valence electrons. The summed E-state index contributed by atoms with van der Waals surface area (Å²) in [6, 6.07) is 12.3. The van der Waals surface area contributed by atoms with Crippen LogP contribution in [0.25, 0.3) is 0 Å². The molecule has 1 N–H and O–H groups in total. The van der Waals surface area contributed by atoms with E-state index in [0.29, 0.717) is 17.6 Å². The lowest BCUT2D eigenvalue weighted by Gasteiger charge is -2.20. The molecule has 1 heterocycles. The molecule has 7 nitrogen and oxygen atoms in total. The smallest absolute Gasteiger partial charge is 0.340 e. The standard InChI is InChI=1S/C19H16F3N5O2/c1-12-3-5-13(6-4-12)24-17-16(19(20,21)22)11-23-18(25-17)26(2)14-7-9-15(10-8-14)27(28)29/h3-11H,1-2H3,(H,23,24,25). The SMILES string of the molecule is Cc1ccc(Nc2nc(N(C)c3ccc([N+](=O)[O-])cc3)ncc2C(F)(F)F)cc1. The van der Waals surface area contributed by atoms with Crippen LogP contribution in [-0.2, 0) is 6.18 Å². The molecule has 0 radical (unpaired) electrons. The number of aromatic nitrogens is 2. The van der Waals surface area contributed by atoms with Crippen molar-refractivity contribution in [2.75, 3.05) is 17.3 Å². The summed E-state index contributed by atoms with van der Waals surface area (Å²) >= 11 is 0. The van der Waals surface area contributed by atoms with Gasteiger partial charge in [0, 0.05) is 36.8 Å². The minimum Gasteiger partial charge on any atom is -0.340 e. The normalized spacial score (nSPS) is 11.2. The third-order valence-electron chi connectivity index (χ3n) is 4.14. The van der Waals surface area contributed by atoms with Gasteiger partial charge in [0.25, 0.3) is 5.69 Å². The third-order valence-corrected chi connectivity index (χ3v) is 4.14. The Hall–Kier alpha value is -3.69. The van der Waals surface area contributed by atoms with Crippen LogP contribution in [0.5, 0.6) is 0 Å². The van der Waals surface area contributed by atoms with Crippen LogP contribution < -0.4 is 10.2 Å². The maximum atomic E-state index is 13.4. The minimum absolute atomic E-state index is 0.00136. The summed E-state index contributed by atoms with van der Waals surface area (Å²) in [4.78, 5) is 19.5. The second kappa shape index (κ2) is 7.74. The number of hydrogen-bond donors (Lipinski definition) is 1. The van der Waals surface area contributed by atoms with Crippen LogP contribution in [0.15, 0.2) is 54.7 Å². The lowest BCUT2D eigenvalue weighted by Crippen LogP contribution is -2.17. The topological polar surface area (TPSA) is 84.2 Å². The van der Waals surface area contributed by atoms with Crippen molar-refractivity contribution in [3.05, 3.63) is 76.0 Å². The molecule has 0 aliphatic heterocycles. The first-order valence-electron chi connectivity index (χ1n) is 8.41. The number of hydrogen-bond acceptors (Lipinski definition) is 6. The second-order valence-electron chi connectivity index (χ2n) is 6.25. The first-order chi connectivity index (χ1) is 13.6. The molecule has 0 unspecified atom stereocenters. The number of nitrogens with one attached hydrogen (secondary N) is 1. The predicted molar refractivity (Wildman–Crippen MR) is 103 cm³/mol. The fraction of sp³-hybridized carbons (Fsp3) is 0.158. The van der Waals surface area contributed by atoms with Crippen LogP contribution in [0.2, 0.25) is 0 Å². The van der Waals surface area contributed by atoms with Gasteiger partial charge in [-0.1, -0.05) is 17.7 Å². The number of anilines is 4. The highest BCUT2D eigenvalue weighted by atomic mass is 19.4. The minimum atomic E-state index is -4.64. The van der Waals surface area contributed by atoms with Gasteiger partial charge in [-0.2, -0.15) is 18.2 Å². The van der Waals surface area contributed by atoms with Crippen LogP contribution in [0.4, 0.5) is 42.0 Å². The monoisotopic (exact) mass is 403 g/mol. The van der Waals surface area contributed by atoms with E-state index in [2.05, 4.69) is 15.3 Å². The highest BCUT2D eigenvalue weighted by molar-refractivity contribution is 5.64. The Morgan fingerprint density at radius 3 is 2.24 bits per heavy atom. The summed E-state index contributed by atoms with van der Waals surface area (Å²) in [6.07, 6.45) is -3.93. The van der Waals surface area contributed by atoms with Gasteiger partial charge in [-0.25, -0.2) is 4.98 Å². The van der Waals surface area contributed by atoms with Gasteiger partial charge in [0.2, 0.25) is 5.95 Å². The van der Waals surface area contributed by atoms with Gasteiger partial charge < -0.3 is 10.2 Å². The molecule has 2 aromatic carbocycles. The average molecular weight is 403 g/mol. The first-order valence-corrected chi connectivity index (χ1v) is 8.41. The molecular weight excluding hydrogens is 387 g/mol. The number of aryl methyl sites for hydroxylation is 1. The van der Waals surface area contributed by atoms with E-state index in [1.165, 1.54) is 29.2 Å². The highest BCUT2D eigenvalue weighted by Crippen LogP contribution is 2.36. The maximum absolute atomic E-state index is 13.4. The Morgan fingerprint density at radius 2 is 1.69 bits per heavy atom. The molecule has 0 aliphatic rings. The Bertz CT molecular complexity index is 1020. The molecular formula is C19H16F3N5O2. The Labute approximate surface area is 164 Å². The summed E-state index contributed by atoms with van der Waals surface area (Å²) in [5, 5.41) is 13.5. The molecule has 0 amide bonds. The molecule has 1 aromatic heterocycles. The molecule has 29 heavy (non-hydrogen) atoms. The van der Waals surface area contributed by atoms with Crippen molar-refractivity contribution in [3.63, 3.8) is 0 Å². The maximum Gasteiger partial charge on any atom is 0.421 e. The first kappa shape index (κ1) is 20.1. The molecule has 0 atom stereocenters. The van der Waals surface area contributed by atoms with E-state index in [1.54, 1.807) is 31.3 Å². The van der Waals surface area contributed by atoms with Crippen LogP contribution in [0.3, 0.4) is 0 Å². The largest absolute Gasteiger partial charge is 0.421 e.